The summed E-state index contributed by atoms with van der Waals surface area (Å²) in [4.78, 5) is 13.1. The first-order chi connectivity index (χ1) is 12.6. The van der Waals surface area contributed by atoms with E-state index >= 15 is 0 Å². The van der Waals surface area contributed by atoms with Crippen LogP contribution in [0.5, 0.6) is 0 Å². The number of nitrogen functional groups attached to an aromatic ring is 1. The molecule has 0 radical (unpaired) electrons. The fourth-order valence-corrected chi connectivity index (χ4v) is 2.92. The summed E-state index contributed by atoms with van der Waals surface area (Å²) in [7, 11) is 1.81. The standard InChI is InChI=1S/C18H12ClN7/c1-26-7-5-14(25-26)17-16(23-15(9-20)18(21)24-17)10-2-3-13-11(8-10)12(19)4-6-22-13/h2-8H,1H3,(H2,21,24). The molecular weight excluding hydrogens is 350 g/mol. The molecule has 126 valence electrons. The number of fused-ring (bicyclic) bond motifs is 1. The highest BCUT2D eigenvalue weighted by atomic mass is 35.5. The number of nitrogens with two attached hydrogens (primary N) is 1. The lowest BCUT2D eigenvalue weighted by atomic mass is 10.0. The molecule has 0 fully saturated rings. The van der Waals surface area contributed by atoms with E-state index in [-0.39, 0.29) is 11.5 Å². The molecule has 0 atom stereocenters. The third kappa shape index (κ3) is 2.62. The number of pyridine rings is 1. The first kappa shape index (κ1) is 16.0. The Balaban J connectivity index is 2.01. The van der Waals surface area contributed by atoms with Gasteiger partial charge in [-0.25, -0.2) is 9.97 Å². The zero-order chi connectivity index (χ0) is 18.3. The zero-order valence-corrected chi connectivity index (χ0v) is 14.4. The smallest absolute Gasteiger partial charge is 0.183 e. The molecule has 4 aromatic rings. The number of hydrogen-bond acceptors (Lipinski definition) is 6. The normalized spacial score (nSPS) is 10.8. The molecule has 0 unspecified atom stereocenters. The topological polar surface area (TPSA) is 106 Å². The van der Waals surface area contributed by atoms with Crippen LogP contribution >= 0.6 is 11.6 Å². The van der Waals surface area contributed by atoms with E-state index in [2.05, 4.69) is 20.1 Å². The van der Waals surface area contributed by atoms with Crippen molar-refractivity contribution in [3.63, 3.8) is 0 Å². The van der Waals surface area contributed by atoms with Crippen LogP contribution in [0.15, 0.2) is 42.7 Å². The van der Waals surface area contributed by atoms with E-state index in [4.69, 9.17) is 17.3 Å². The summed E-state index contributed by atoms with van der Waals surface area (Å²) in [5.41, 5.74) is 9.08. The van der Waals surface area contributed by atoms with E-state index in [1.807, 2.05) is 37.4 Å². The van der Waals surface area contributed by atoms with E-state index in [1.165, 1.54) is 0 Å². The maximum Gasteiger partial charge on any atom is 0.183 e. The summed E-state index contributed by atoms with van der Waals surface area (Å²) in [5, 5.41) is 15.0. The van der Waals surface area contributed by atoms with Crippen LogP contribution in [0.4, 0.5) is 5.82 Å². The van der Waals surface area contributed by atoms with Gasteiger partial charge in [-0.3, -0.25) is 9.67 Å². The average molecular weight is 362 g/mol. The Labute approximate surface area is 153 Å². The molecule has 0 aliphatic heterocycles. The highest BCUT2D eigenvalue weighted by Gasteiger charge is 2.18. The Kier molecular flexibility index (Phi) is 3.75. The molecule has 2 N–H and O–H groups in total. The molecule has 8 heteroatoms. The van der Waals surface area contributed by atoms with Gasteiger partial charge in [-0.15, -0.1) is 0 Å². The van der Waals surface area contributed by atoms with E-state index in [1.54, 1.807) is 23.1 Å². The van der Waals surface area contributed by atoms with Crippen molar-refractivity contribution in [2.75, 3.05) is 5.73 Å². The van der Waals surface area contributed by atoms with Crippen molar-refractivity contribution in [1.82, 2.24) is 24.7 Å². The number of halogens is 1. The second kappa shape index (κ2) is 6.10. The molecule has 3 heterocycles. The fraction of sp³-hybridized carbons (Fsp3) is 0.0556. The molecule has 4 rings (SSSR count). The van der Waals surface area contributed by atoms with Crippen molar-refractivity contribution in [3.8, 4) is 28.7 Å². The van der Waals surface area contributed by atoms with Crippen LogP contribution in [0.1, 0.15) is 5.69 Å². The van der Waals surface area contributed by atoms with Crippen molar-refractivity contribution in [2.45, 2.75) is 0 Å². The van der Waals surface area contributed by atoms with Crippen molar-refractivity contribution in [2.24, 2.45) is 7.05 Å². The summed E-state index contributed by atoms with van der Waals surface area (Å²) in [6.07, 6.45) is 3.46. The number of aromatic nitrogens is 5. The lowest BCUT2D eigenvalue weighted by molar-refractivity contribution is 0.770. The first-order valence-electron chi connectivity index (χ1n) is 7.69. The van der Waals surface area contributed by atoms with Gasteiger partial charge < -0.3 is 5.73 Å². The van der Waals surface area contributed by atoms with E-state index in [0.29, 0.717) is 22.1 Å². The molecule has 0 bridgehead atoms. The third-order valence-electron chi connectivity index (χ3n) is 3.95. The number of anilines is 1. The van der Waals surface area contributed by atoms with Crippen molar-refractivity contribution >= 4 is 28.3 Å². The summed E-state index contributed by atoms with van der Waals surface area (Å²) in [6, 6.07) is 11.1. The minimum Gasteiger partial charge on any atom is -0.381 e. The lowest BCUT2D eigenvalue weighted by Gasteiger charge is -2.10. The Morgan fingerprint density at radius 1 is 1.15 bits per heavy atom. The van der Waals surface area contributed by atoms with Crippen LogP contribution < -0.4 is 5.73 Å². The Morgan fingerprint density at radius 3 is 2.73 bits per heavy atom. The molecule has 0 aliphatic rings. The van der Waals surface area contributed by atoms with Crippen LogP contribution in [-0.4, -0.2) is 24.7 Å². The van der Waals surface area contributed by atoms with Gasteiger partial charge in [0, 0.05) is 30.4 Å². The van der Waals surface area contributed by atoms with Gasteiger partial charge >= 0.3 is 0 Å². The second-order valence-corrected chi connectivity index (χ2v) is 6.07. The molecule has 0 amide bonds. The molecule has 7 nitrogen and oxygen atoms in total. The van der Waals surface area contributed by atoms with Gasteiger partial charge in [0.25, 0.3) is 0 Å². The van der Waals surface area contributed by atoms with Crippen LogP contribution in [0.3, 0.4) is 0 Å². The average Bonchev–Trinajstić information content (AvgIpc) is 3.08. The van der Waals surface area contributed by atoms with Gasteiger partial charge in [0.1, 0.15) is 17.5 Å². The monoisotopic (exact) mass is 361 g/mol. The minimum absolute atomic E-state index is 0.0667. The molecule has 3 aromatic heterocycles. The lowest BCUT2D eigenvalue weighted by Crippen LogP contribution is -2.03. The molecule has 0 saturated carbocycles. The van der Waals surface area contributed by atoms with Gasteiger partial charge in [0.2, 0.25) is 0 Å². The van der Waals surface area contributed by atoms with Gasteiger partial charge in [0.15, 0.2) is 11.5 Å². The van der Waals surface area contributed by atoms with Crippen LogP contribution in [0, 0.1) is 11.3 Å². The van der Waals surface area contributed by atoms with Gasteiger partial charge in [0.05, 0.1) is 16.2 Å². The largest absolute Gasteiger partial charge is 0.381 e. The summed E-state index contributed by atoms with van der Waals surface area (Å²) < 4.78 is 1.66. The molecule has 26 heavy (non-hydrogen) atoms. The third-order valence-corrected chi connectivity index (χ3v) is 4.28. The Hall–Kier alpha value is -3.50. The highest BCUT2D eigenvalue weighted by molar-refractivity contribution is 6.35. The highest BCUT2D eigenvalue weighted by Crippen LogP contribution is 2.32. The first-order valence-corrected chi connectivity index (χ1v) is 8.07. The summed E-state index contributed by atoms with van der Waals surface area (Å²) >= 11 is 6.30. The predicted octanol–water partition coefficient (Wildman–Crippen LogP) is 3.20. The molecule has 0 spiro atoms. The van der Waals surface area contributed by atoms with Crippen molar-refractivity contribution in [1.29, 1.82) is 5.26 Å². The summed E-state index contributed by atoms with van der Waals surface area (Å²) in [6.45, 7) is 0. The zero-order valence-electron chi connectivity index (χ0n) is 13.7. The van der Waals surface area contributed by atoms with Crippen LogP contribution in [0.25, 0.3) is 33.5 Å². The Bertz CT molecular complexity index is 1190. The fourth-order valence-electron chi connectivity index (χ4n) is 2.71. The minimum atomic E-state index is 0.0667. The maximum atomic E-state index is 9.29. The number of aryl methyl sites for hydroxylation is 1. The maximum absolute atomic E-state index is 9.29. The number of benzene rings is 1. The van der Waals surface area contributed by atoms with Crippen LogP contribution in [0.2, 0.25) is 5.02 Å². The van der Waals surface area contributed by atoms with Crippen LogP contribution in [-0.2, 0) is 7.05 Å². The number of nitriles is 1. The van der Waals surface area contributed by atoms with E-state index < -0.39 is 0 Å². The molecule has 0 aliphatic carbocycles. The molecule has 1 aromatic carbocycles. The number of rotatable bonds is 2. The van der Waals surface area contributed by atoms with Gasteiger partial charge in [-0.1, -0.05) is 17.7 Å². The quantitative estimate of drug-likeness (QED) is 0.587. The van der Waals surface area contributed by atoms with Crippen molar-refractivity contribution in [3.05, 3.63) is 53.4 Å². The number of hydrogen-bond donors (Lipinski definition) is 1. The number of nitrogens with zero attached hydrogens (tertiary/aromatic N) is 6. The molecule has 0 saturated heterocycles. The Morgan fingerprint density at radius 2 is 2.00 bits per heavy atom. The van der Waals surface area contributed by atoms with Crippen molar-refractivity contribution < 1.29 is 0 Å². The van der Waals surface area contributed by atoms with E-state index in [9.17, 15) is 5.26 Å². The summed E-state index contributed by atoms with van der Waals surface area (Å²) in [5.74, 6) is 0.0670. The second-order valence-electron chi connectivity index (χ2n) is 5.67. The van der Waals surface area contributed by atoms with Gasteiger partial charge in [-0.2, -0.15) is 10.4 Å². The van der Waals surface area contributed by atoms with E-state index in [0.717, 1.165) is 16.5 Å². The predicted molar refractivity (Wildman–Crippen MR) is 99.1 cm³/mol. The molecular formula is C18H12ClN7. The SMILES string of the molecule is Cn1ccc(-c2nc(N)c(C#N)nc2-c2ccc3nccc(Cl)c3c2)n1. The van der Waals surface area contributed by atoms with Gasteiger partial charge in [-0.05, 0) is 24.3 Å².